The van der Waals surface area contributed by atoms with Crippen LogP contribution in [-0.4, -0.2) is 30.2 Å². The van der Waals surface area contributed by atoms with E-state index in [1.54, 1.807) is 12.1 Å². The van der Waals surface area contributed by atoms with E-state index in [9.17, 15) is 13.6 Å². The number of hydrogen-bond acceptors (Lipinski definition) is 4. The van der Waals surface area contributed by atoms with Crippen LogP contribution in [0.2, 0.25) is 0 Å². The predicted octanol–water partition coefficient (Wildman–Crippen LogP) is 2.85. The Balaban J connectivity index is 1.57. The van der Waals surface area contributed by atoms with Gasteiger partial charge in [-0.05, 0) is 18.2 Å². The highest BCUT2D eigenvalue weighted by molar-refractivity contribution is 5.93. The maximum atomic E-state index is 13.5. The van der Waals surface area contributed by atoms with E-state index in [1.165, 1.54) is 12.3 Å². The molecule has 5 nitrogen and oxygen atoms in total. The molecule has 1 aromatic heterocycles. The average molecular weight is 348 g/mol. The summed E-state index contributed by atoms with van der Waals surface area (Å²) in [4.78, 5) is 16.2. The third kappa shape index (κ3) is 4.51. The molecule has 132 valence electrons. The first kappa shape index (κ1) is 17.3. The highest BCUT2D eigenvalue weighted by Gasteiger charge is 2.16. The summed E-state index contributed by atoms with van der Waals surface area (Å²) in [5.41, 5.74) is 0.111. The zero-order valence-corrected chi connectivity index (χ0v) is 13.5. The first-order chi connectivity index (χ1) is 12.1. The van der Waals surface area contributed by atoms with Crippen molar-refractivity contribution in [1.82, 2.24) is 10.3 Å². The van der Waals surface area contributed by atoms with Crippen LogP contribution in [0.5, 0.6) is 5.88 Å². The van der Waals surface area contributed by atoms with Crippen molar-refractivity contribution >= 4 is 5.91 Å². The van der Waals surface area contributed by atoms with Gasteiger partial charge in [-0.15, -0.1) is 0 Å². The quantitative estimate of drug-likeness (QED) is 0.903. The first-order valence-corrected chi connectivity index (χ1v) is 8.05. The summed E-state index contributed by atoms with van der Waals surface area (Å²) in [7, 11) is 0. The van der Waals surface area contributed by atoms with Gasteiger partial charge in [0.1, 0.15) is 17.7 Å². The van der Waals surface area contributed by atoms with Crippen molar-refractivity contribution in [3.05, 3.63) is 59.3 Å². The van der Waals surface area contributed by atoms with Gasteiger partial charge >= 0.3 is 0 Å². The van der Waals surface area contributed by atoms with E-state index in [0.29, 0.717) is 19.1 Å². The van der Waals surface area contributed by atoms with Crippen molar-refractivity contribution in [2.75, 3.05) is 13.2 Å². The Kier molecular flexibility index (Phi) is 5.55. The molecule has 1 N–H and O–H groups in total. The maximum absolute atomic E-state index is 13.5. The van der Waals surface area contributed by atoms with E-state index >= 15 is 0 Å². The van der Waals surface area contributed by atoms with Crippen LogP contribution in [0.25, 0.3) is 0 Å². The molecule has 0 radical (unpaired) electrons. The summed E-state index contributed by atoms with van der Waals surface area (Å²) in [5, 5.41) is 2.48. The minimum Gasteiger partial charge on any atom is -0.474 e. The Morgan fingerprint density at radius 2 is 1.92 bits per heavy atom. The zero-order valence-electron chi connectivity index (χ0n) is 13.5. The first-order valence-electron chi connectivity index (χ1n) is 8.05. The summed E-state index contributed by atoms with van der Waals surface area (Å²) < 4.78 is 38.1. The molecule has 0 unspecified atom stereocenters. The van der Waals surface area contributed by atoms with E-state index in [2.05, 4.69) is 10.3 Å². The second-order valence-corrected chi connectivity index (χ2v) is 5.70. The van der Waals surface area contributed by atoms with Crippen LogP contribution >= 0.6 is 0 Å². The molecule has 0 bridgehead atoms. The maximum Gasteiger partial charge on any atom is 0.253 e. The van der Waals surface area contributed by atoms with E-state index in [-0.39, 0.29) is 23.8 Å². The molecule has 7 heteroatoms. The number of amides is 1. The monoisotopic (exact) mass is 348 g/mol. The molecule has 0 aliphatic carbocycles. The van der Waals surface area contributed by atoms with Crippen molar-refractivity contribution in [3.63, 3.8) is 0 Å². The molecule has 0 saturated carbocycles. The Bertz CT molecular complexity index is 711. The highest BCUT2D eigenvalue weighted by atomic mass is 19.1. The van der Waals surface area contributed by atoms with Gasteiger partial charge < -0.3 is 14.8 Å². The summed E-state index contributed by atoms with van der Waals surface area (Å²) in [6.45, 7) is 1.09. The van der Waals surface area contributed by atoms with Crippen molar-refractivity contribution in [2.24, 2.45) is 0 Å². The number of hydrogen-bond donors (Lipinski definition) is 1. The molecule has 3 rings (SSSR count). The molecule has 1 fully saturated rings. The SMILES string of the molecule is O=C(NCc1c(F)cccc1F)c1ccc(OC2CCOCC2)nc1. The van der Waals surface area contributed by atoms with Gasteiger partial charge in [-0.2, -0.15) is 0 Å². The lowest BCUT2D eigenvalue weighted by molar-refractivity contribution is 0.0237. The van der Waals surface area contributed by atoms with Crippen LogP contribution in [0, 0.1) is 11.6 Å². The number of rotatable bonds is 5. The van der Waals surface area contributed by atoms with E-state index in [1.807, 2.05) is 0 Å². The Hall–Kier alpha value is -2.54. The zero-order chi connectivity index (χ0) is 17.6. The van der Waals surface area contributed by atoms with Crippen LogP contribution < -0.4 is 10.1 Å². The Morgan fingerprint density at radius 3 is 2.56 bits per heavy atom. The number of nitrogens with zero attached hydrogens (tertiary/aromatic N) is 1. The Morgan fingerprint density at radius 1 is 1.20 bits per heavy atom. The number of aromatic nitrogens is 1. The summed E-state index contributed by atoms with van der Waals surface area (Å²) in [6, 6.07) is 6.74. The lowest BCUT2D eigenvalue weighted by Gasteiger charge is -2.22. The topological polar surface area (TPSA) is 60.5 Å². The number of carbonyl (C=O) groups excluding carboxylic acids is 1. The van der Waals surface area contributed by atoms with Crippen molar-refractivity contribution < 1.29 is 23.0 Å². The molecular weight excluding hydrogens is 330 g/mol. The molecule has 25 heavy (non-hydrogen) atoms. The van der Waals surface area contributed by atoms with Gasteiger partial charge in [-0.3, -0.25) is 4.79 Å². The number of pyridine rings is 1. The largest absolute Gasteiger partial charge is 0.474 e. The van der Waals surface area contributed by atoms with Crippen LogP contribution in [0.3, 0.4) is 0 Å². The van der Waals surface area contributed by atoms with Crippen molar-refractivity contribution in [3.8, 4) is 5.88 Å². The van der Waals surface area contributed by atoms with E-state index in [0.717, 1.165) is 25.0 Å². The van der Waals surface area contributed by atoms with Crippen LogP contribution in [0.1, 0.15) is 28.8 Å². The molecule has 2 heterocycles. The third-order valence-corrected chi connectivity index (χ3v) is 3.94. The predicted molar refractivity (Wildman–Crippen MR) is 86.2 cm³/mol. The summed E-state index contributed by atoms with van der Waals surface area (Å²) in [5.74, 6) is -1.42. The molecule has 0 atom stereocenters. The highest BCUT2D eigenvalue weighted by Crippen LogP contribution is 2.16. The number of nitrogens with one attached hydrogen (secondary N) is 1. The van der Waals surface area contributed by atoms with Gasteiger partial charge in [-0.25, -0.2) is 13.8 Å². The third-order valence-electron chi connectivity index (χ3n) is 3.94. The molecular formula is C18H18F2N2O3. The standard InChI is InChI=1S/C18H18F2N2O3/c19-15-2-1-3-16(20)14(15)11-22-18(23)12-4-5-17(21-10-12)25-13-6-8-24-9-7-13/h1-5,10,13H,6-9,11H2,(H,22,23). The van der Waals surface area contributed by atoms with Gasteiger partial charge in [0.05, 0.1) is 18.8 Å². The smallest absolute Gasteiger partial charge is 0.253 e. The molecule has 1 aromatic carbocycles. The molecule has 1 saturated heterocycles. The van der Waals surface area contributed by atoms with E-state index in [4.69, 9.17) is 9.47 Å². The number of carbonyl (C=O) groups is 1. The van der Waals surface area contributed by atoms with Gasteiger partial charge in [0.2, 0.25) is 5.88 Å². The lowest BCUT2D eigenvalue weighted by Crippen LogP contribution is -2.26. The molecule has 2 aromatic rings. The van der Waals surface area contributed by atoms with Crippen LogP contribution in [0.15, 0.2) is 36.5 Å². The summed E-state index contributed by atoms with van der Waals surface area (Å²) >= 11 is 0. The van der Waals surface area contributed by atoms with E-state index < -0.39 is 17.5 Å². The second-order valence-electron chi connectivity index (χ2n) is 5.70. The molecule has 1 aliphatic heterocycles. The molecule has 1 aliphatic rings. The molecule has 0 spiro atoms. The fraction of sp³-hybridized carbons (Fsp3) is 0.333. The summed E-state index contributed by atoms with van der Waals surface area (Å²) in [6.07, 6.45) is 3.04. The fourth-order valence-electron chi connectivity index (χ4n) is 2.52. The Labute approximate surface area is 144 Å². The van der Waals surface area contributed by atoms with Crippen molar-refractivity contribution in [2.45, 2.75) is 25.5 Å². The van der Waals surface area contributed by atoms with Crippen LogP contribution in [-0.2, 0) is 11.3 Å². The number of ether oxygens (including phenoxy) is 2. The molecule has 1 amide bonds. The second kappa shape index (κ2) is 8.02. The van der Waals surface area contributed by atoms with Crippen molar-refractivity contribution in [1.29, 1.82) is 0 Å². The van der Waals surface area contributed by atoms with Crippen LogP contribution in [0.4, 0.5) is 8.78 Å². The fourth-order valence-corrected chi connectivity index (χ4v) is 2.52. The lowest BCUT2D eigenvalue weighted by atomic mass is 10.1. The van der Waals surface area contributed by atoms with Gasteiger partial charge in [0, 0.05) is 37.2 Å². The minimum atomic E-state index is -0.696. The average Bonchev–Trinajstić information content (AvgIpc) is 2.62. The van der Waals surface area contributed by atoms with Gasteiger partial charge in [-0.1, -0.05) is 6.07 Å². The number of halogens is 2. The number of benzene rings is 1. The van der Waals surface area contributed by atoms with Gasteiger partial charge in [0.15, 0.2) is 0 Å². The normalized spacial score (nSPS) is 15.0. The van der Waals surface area contributed by atoms with Gasteiger partial charge in [0.25, 0.3) is 5.91 Å². The minimum absolute atomic E-state index is 0.0601.